The number of carbonyl (C=O) groups excluding carboxylic acids is 1. The van der Waals surface area contributed by atoms with Gasteiger partial charge in [-0.15, -0.1) is 0 Å². The quantitative estimate of drug-likeness (QED) is 0.608. The molecule has 1 aromatic carbocycles. The predicted octanol–water partition coefficient (Wildman–Crippen LogP) is 3.72. The SMILES string of the molecule is COC(=O)c1c(Br)ccc(C#N)c1SC(F)(F)F. The Bertz CT molecular complexity index is 525. The molecule has 0 bridgehead atoms. The highest BCUT2D eigenvalue weighted by Gasteiger charge is 2.34. The number of ether oxygens (including phenoxy) is 1. The van der Waals surface area contributed by atoms with E-state index in [1.54, 1.807) is 6.07 Å². The second-order valence-electron chi connectivity index (χ2n) is 2.95. The molecule has 0 spiro atoms. The van der Waals surface area contributed by atoms with Gasteiger partial charge >= 0.3 is 11.5 Å². The molecule has 3 nitrogen and oxygen atoms in total. The lowest BCUT2D eigenvalue weighted by Crippen LogP contribution is -2.09. The number of thioether (sulfide) groups is 1. The zero-order chi connectivity index (χ0) is 13.9. The van der Waals surface area contributed by atoms with E-state index in [0.717, 1.165) is 7.11 Å². The van der Waals surface area contributed by atoms with E-state index in [9.17, 15) is 18.0 Å². The topological polar surface area (TPSA) is 50.1 Å². The number of nitriles is 1. The van der Waals surface area contributed by atoms with E-state index in [1.807, 2.05) is 0 Å². The van der Waals surface area contributed by atoms with Gasteiger partial charge in [0.1, 0.15) is 6.07 Å². The molecule has 0 amide bonds. The van der Waals surface area contributed by atoms with Crippen LogP contribution in [0, 0.1) is 11.3 Å². The minimum absolute atomic E-state index is 0.139. The fourth-order valence-electron chi connectivity index (χ4n) is 1.16. The largest absolute Gasteiger partial charge is 0.465 e. The first-order chi connectivity index (χ1) is 8.30. The molecule has 0 unspecified atom stereocenters. The Morgan fingerprint density at radius 2 is 2.11 bits per heavy atom. The normalized spacial score (nSPS) is 10.9. The molecule has 0 radical (unpaired) electrons. The molecule has 0 saturated heterocycles. The second kappa shape index (κ2) is 5.63. The van der Waals surface area contributed by atoms with Crippen molar-refractivity contribution in [3.8, 4) is 6.07 Å². The Morgan fingerprint density at radius 1 is 1.50 bits per heavy atom. The number of alkyl halides is 3. The van der Waals surface area contributed by atoms with E-state index >= 15 is 0 Å². The van der Waals surface area contributed by atoms with Gasteiger partial charge in [0.2, 0.25) is 0 Å². The van der Waals surface area contributed by atoms with E-state index in [1.165, 1.54) is 12.1 Å². The monoisotopic (exact) mass is 339 g/mol. The molecule has 0 fully saturated rings. The van der Waals surface area contributed by atoms with Crippen LogP contribution in [0.5, 0.6) is 0 Å². The van der Waals surface area contributed by atoms with Gasteiger partial charge in [-0.2, -0.15) is 18.4 Å². The van der Waals surface area contributed by atoms with Gasteiger partial charge in [0.25, 0.3) is 0 Å². The summed E-state index contributed by atoms with van der Waals surface area (Å²) >= 11 is 2.45. The fraction of sp³-hybridized carbons (Fsp3) is 0.200. The van der Waals surface area contributed by atoms with Crippen molar-refractivity contribution in [2.24, 2.45) is 0 Å². The highest BCUT2D eigenvalue weighted by Crippen LogP contribution is 2.42. The van der Waals surface area contributed by atoms with E-state index in [2.05, 4.69) is 20.7 Å². The Labute approximate surface area is 113 Å². The highest BCUT2D eigenvalue weighted by molar-refractivity contribution is 9.10. The molecule has 1 rings (SSSR count). The Kier molecular flexibility index (Phi) is 4.65. The highest BCUT2D eigenvalue weighted by atomic mass is 79.9. The van der Waals surface area contributed by atoms with Crippen LogP contribution in [0.4, 0.5) is 13.2 Å². The molecular weight excluding hydrogens is 335 g/mol. The maximum Gasteiger partial charge on any atom is 0.446 e. The van der Waals surface area contributed by atoms with E-state index < -0.39 is 28.1 Å². The Hall–Kier alpha value is -1.20. The summed E-state index contributed by atoms with van der Waals surface area (Å²) in [6, 6.07) is 4.14. The molecular formula is C10H5BrF3NO2S. The van der Waals surface area contributed by atoms with E-state index in [0.29, 0.717) is 0 Å². The molecule has 0 saturated carbocycles. The van der Waals surface area contributed by atoms with Gasteiger partial charge in [-0.3, -0.25) is 0 Å². The van der Waals surface area contributed by atoms with Crippen LogP contribution in [0.2, 0.25) is 0 Å². The van der Waals surface area contributed by atoms with Gasteiger partial charge < -0.3 is 4.74 Å². The molecule has 0 N–H and O–H groups in total. The summed E-state index contributed by atoms with van der Waals surface area (Å²) in [5, 5.41) is 8.79. The number of hydrogen-bond acceptors (Lipinski definition) is 4. The molecule has 18 heavy (non-hydrogen) atoms. The van der Waals surface area contributed by atoms with Gasteiger partial charge in [0.15, 0.2) is 0 Å². The lowest BCUT2D eigenvalue weighted by Gasteiger charge is -2.12. The van der Waals surface area contributed by atoms with Crippen molar-refractivity contribution in [3.63, 3.8) is 0 Å². The standard InChI is InChI=1S/C10H5BrF3NO2S/c1-17-9(16)7-6(11)3-2-5(4-15)8(7)18-10(12,13)14/h2-3H,1H3. The summed E-state index contributed by atoms with van der Waals surface area (Å²) in [7, 11) is 1.05. The van der Waals surface area contributed by atoms with Crippen LogP contribution in [0.15, 0.2) is 21.5 Å². The number of hydrogen-bond donors (Lipinski definition) is 0. The molecule has 0 aliphatic carbocycles. The first kappa shape index (κ1) is 14.9. The van der Waals surface area contributed by atoms with Crippen molar-refractivity contribution in [2.75, 3.05) is 7.11 Å². The van der Waals surface area contributed by atoms with Crippen molar-refractivity contribution < 1.29 is 22.7 Å². The molecule has 96 valence electrons. The van der Waals surface area contributed by atoms with Crippen molar-refractivity contribution in [1.29, 1.82) is 5.26 Å². The average molecular weight is 340 g/mol. The minimum Gasteiger partial charge on any atom is -0.465 e. The minimum atomic E-state index is -4.60. The van der Waals surface area contributed by atoms with Crippen LogP contribution in [0.25, 0.3) is 0 Å². The number of esters is 1. The zero-order valence-corrected chi connectivity index (χ0v) is 11.2. The third kappa shape index (κ3) is 3.40. The summed E-state index contributed by atoms with van der Waals surface area (Å²) < 4.78 is 41.8. The molecule has 8 heteroatoms. The number of carbonyl (C=O) groups is 1. The fourth-order valence-corrected chi connectivity index (χ4v) is 2.53. The molecule has 1 aromatic rings. The van der Waals surface area contributed by atoms with Crippen LogP contribution in [-0.2, 0) is 4.74 Å². The number of methoxy groups -OCH3 is 1. The molecule has 0 aromatic heterocycles. The Balaban J connectivity index is 3.47. The van der Waals surface area contributed by atoms with Crippen molar-refractivity contribution in [3.05, 3.63) is 27.7 Å². The first-order valence-electron chi connectivity index (χ1n) is 4.36. The third-order valence-corrected chi connectivity index (χ3v) is 3.36. The van der Waals surface area contributed by atoms with E-state index in [-0.39, 0.29) is 15.6 Å². The lowest BCUT2D eigenvalue weighted by molar-refractivity contribution is -0.0328. The number of halogens is 4. The number of benzene rings is 1. The Morgan fingerprint density at radius 3 is 2.56 bits per heavy atom. The van der Waals surface area contributed by atoms with Gasteiger partial charge in [0, 0.05) is 9.37 Å². The smallest absolute Gasteiger partial charge is 0.446 e. The van der Waals surface area contributed by atoms with Crippen molar-refractivity contribution in [2.45, 2.75) is 10.4 Å². The van der Waals surface area contributed by atoms with E-state index in [4.69, 9.17) is 5.26 Å². The number of nitrogens with zero attached hydrogens (tertiary/aromatic N) is 1. The number of rotatable bonds is 2. The van der Waals surface area contributed by atoms with Gasteiger partial charge in [-0.05, 0) is 39.8 Å². The van der Waals surface area contributed by atoms with Gasteiger partial charge in [-0.1, -0.05) is 0 Å². The summed E-state index contributed by atoms with van der Waals surface area (Å²) in [4.78, 5) is 11.0. The lowest BCUT2D eigenvalue weighted by atomic mass is 10.1. The van der Waals surface area contributed by atoms with Crippen LogP contribution in [0.1, 0.15) is 15.9 Å². The van der Waals surface area contributed by atoms with Gasteiger partial charge in [0.05, 0.1) is 18.2 Å². The van der Waals surface area contributed by atoms with Crippen LogP contribution in [0.3, 0.4) is 0 Å². The van der Waals surface area contributed by atoms with Crippen molar-refractivity contribution >= 4 is 33.7 Å². The zero-order valence-electron chi connectivity index (χ0n) is 8.84. The summed E-state index contributed by atoms with van der Waals surface area (Å²) in [5.74, 6) is -0.939. The molecule has 0 aliphatic heterocycles. The maximum atomic E-state index is 12.4. The predicted molar refractivity (Wildman–Crippen MR) is 62.1 cm³/mol. The van der Waals surface area contributed by atoms with Crippen LogP contribution >= 0.6 is 27.7 Å². The summed E-state index contributed by atoms with van der Waals surface area (Å²) in [6.07, 6.45) is 0. The van der Waals surface area contributed by atoms with Crippen molar-refractivity contribution in [1.82, 2.24) is 0 Å². The second-order valence-corrected chi connectivity index (χ2v) is 4.88. The third-order valence-electron chi connectivity index (χ3n) is 1.83. The maximum absolute atomic E-state index is 12.4. The molecule has 0 aliphatic rings. The van der Waals surface area contributed by atoms with Crippen LogP contribution in [-0.4, -0.2) is 18.6 Å². The average Bonchev–Trinajstić information content (AvgIpc) is 2.27. The first-order valence-corrected chi connectivity index (χ1v) is 5.97. The van der Waals surface area contributed by atoms with Gasteiger partial charge in [-0.25, -0.2) is 4.79 Å². The molecule has 0 heterocycles. The molecule has 0 atom stereocenters. The summed E-state index contributed by atoms with van der Waals surface area (Å²) in [6.45, 7) is 0. The van der Waals surface area contributed by atoms with Crippen LogP contribution < -0.4 is 0 Å². The summed E-state index contributed by atoms with van der Waals surface area (Å²) in [5.41, 5.74) is -5.14.